The van der Waals surface area contributed by atoms with Crippen LogP contribution in [0.15, 0.2) is 18.2 Å². The van der Waals surface area contributed by atoms with Gasteiger partial charge in [-0.2, -0.15) is 0 Å². The van der Waals surface area contributed by atoms with Gasteiger partial charge >= 0.3 is 0 Å². The van der Waals surface area contributed by atoms with Gasteiger partial charge < -0.3 is 9.64 Å². The number of carbonyl (C=O) groups excluding carboxylic acids is 1. The molecule has 0 N–H and O–H groups in total. The van der Waals surface area contributed by atoms with Crippen molar-refractivity contribution in [3.63, 3.8) is 0 Å². The molecule has 1 aromatic rings. The number of rotatable bonds is 5. The minimum absolute atomic E-state index is 0.263. The molecule has 0 spiro atoms. The van der Waals surface area contributed by atoms with Crippen molar-refractivity contribution >= 4 is 5.78 Å². The van der Waals surface area contributed by atoms with Crippen LogP contribution in [0.2, 0.25) is 0 Å². The number of aryl methyl sites for hydroxylation is 1. The zero-order valence-corrected chi connectivity index (χ0v) is 10.5. The molecule has 3 nitrogen and oxygen atoms in total. The number of hydrogen-bond donors (Lipinski definition) is 0. The largest absolute Gasteiger partial charge is 0.494 e. The van der Waals surface area contributed by atoms with Gasteiger partial charge in [0.15, 0.2) is 5.78 Å². The van der Waals surface area contributed by atoms with Crippen LogP contribution < -0.4 is 4.74 Å². The molecule has 0 atom stereocenters. The van der Waals surface area contributed by atoms with Crippen molar-refractivity contribution in [1.82, 2.24) is 4.90 Å². The Morgan fingerprint density at radius 3 is 2.88 bits per heavy atom. The van der Waals surface area contributed by atoms with Gasteiger partial charge in [-0.3, -0.25) is 4.79 Å². The summed E-state index contributed by atoms with van der Waals surface area (Å²) in [5.74, 6) is 1.15. The first-order valence-electron chi connectivity index (χ1n) is 6.10. The lowest BCUT2D eigenvalue weighted by atomic mass is 10.1. The Hall–Kier alpha value is -1.35. The van der Waals surface area contributed by atoms with Crippen LogP contribution in [-0.4, -0.2) is 37.9 Å². The standard InChI is InChI=1S/C14H19NO2/c1-15(2)8-3-9-17-12-5-6-13-11(10-12)4-7-14(13)16/h5-6,10H,3-4,7-9H2,1-2H3. The van der Waals surface area contributed by atoms with Gasteiger partial charge in [0.2, 0.25) is 0 Å². The summed E-state index contributed by atoms with van der Waals surface area (Å²) in [6.07, 6.45) is 2.53. The number of carbonyl (C=O) groups is 1. The molecule has 92 valence electrons. The molecule has 0 bridgehead atoms. The van der Waals surface area contributed by atoms with Crippen molar-refractivity contribution in [2.75, 3.05) is 27.2 Å². The van der Waals surface area contributed by atoms with Gasteiger partial charge in [-0.1, -0.05) is 0 Å². The number of benzene rings is 1. The number of ether oxygens (including phenoxy) is 1. The zero-order chi connectivity index (χ0) is 12.3. The Morgan fingerprint density at radius 2 is 2.12 bits per heavy atom. The topological polar surface area (TPSA) is 29.5 Å². The fourth-order valence-corrected chi connectivity index (χ4v) is 2.09. The van der Waals surface area contributed by atoms with Crippen LogP contribution >= 0.6 is 0 Å². The Morgan fingerprint density at radius 1 is 1.29 bits per heavy atom. The number of nitrogens with zero attached hydrogens (tertiary/aromatic N) is 1. The molecule has 0 aromatic heterocycles. The van der Waals surface area contributed by atoms with E-state index in [0.717, 1.165) is 42.9 Å². The van der Waals surface area contributed by atoms with Gasteiger partial charge in [-0.25, -0.2) is 0 Å². The molecule has 0 heterocycles. The average molecular weight is 233 g/mol. The fourth-order valence-electron chi connectivity index (χ4n) is 2.09. The molecule has 1 aromatic carbocycles. The molecule has 0 amide bonds. The van der Waals surface area contributed by atoms with Crippen LogP contribution in [-0.2, 0) is 6.42 Å². The lowest BCUT2D eigenvalue weighted by Crippen LogP contribution is -2.15. The van der Waals surface area contributed by atoms with Gasteiger partial charge in [-0.05, 0) is 50.7 Å². The molecule has 1 aliphatic rings. The monoisotopic (exact) mass is 233 g/mol. The summed E-state index contributed by atoms with van der Waals surface area (Å²) in [7, 11) is 4.11. The van der Waals surface area contributed by atoms with E-state index in [1.54, 1.807) is 0 Å². The van der Waals surface area contributed by atoms with E-state index in [0.29, 0.717) is 6.42 Å². The summed E-state index contributed by atoms with van der Waals surface area (Å²) in [6.45, 7) is 1.76. The van der Waals surface area contributed by atoms with Crippen molar-refractivity contribution < 1.29 is 9.53 Å². The third-order valence-electron chi connectivity index (χ3n) is 3.02. The second kappa shape index (κ2) is 5.32. The fraction of sp³-hybridized carbons (Fsp3) is 0.500. The van der Waals surface area contributed by atoms with Gasteiger partial charge in [0.05, 0.1) is 6.61 Å². The molecule has 1 aliphatic carbocycles. The normalized spacial score (nSPS) is 14.2. The van der Waals surface area contributed by atoms with Crippen molar-refractivity contribution in [3.05, 3.63) is 29.3 Å². The van der Waals surface area contributed by atoms with Crippen LogP contribution in [0, 0.1) is 0 Å². The molecule has 17 heavy (non-hydrogen) atoms. The maximum atomic E-state index is 11.5. The van der Waals surface area contributed by atoms with Crippen molar-refractivity contribution in [3.8, 4) is 5.75 Å². The summed E-state index contributed by atoms with van der Waals surface area (Å²) >= 11 is 0. The van der Waals surface area contributed by atoms with Crippen molar-refractivity contribution in [2.24, 2.45) is 0 Å². The minimum atomic E-state index is 0.263. The predicted molar refractivity (Wildman–Crippen MR) is 67.8 cm³/mol. The Bertz CT molecular complexity index is 413. The smallest absolute Gasteiger partial charge is 0.163 e. The van der Waals surface area contributed by atoms with Crippen LogP contribution in [0.1, 0.15) is 28.8 Å². The van der Waals surface area contributed by atoms with E-state index in [9.17, 15) is 4.79 Å². The first kappa shape index (κ1) is 12.1. The molecular formula is C14H19NO2. The maximum absolute atomic E-state index is 11.5. The van der Waals surface area contributed by atoms with E-state index in [1.807, 2.05) is 18.2 Å². The Balaban J connectivity index is 1.88. The summed E-state index contributed by atoms with van der Waals surface area (Å²) in [5.41, 5.74) is 2.02. The van der Waals surface area contributed by atoms with Gasteiger partial charge in [0, 0.05) is 18.5 Å². The molecule has 3 heteroatoms. The number of Topliss-reactive ketones (excluding diaryl/α,β-unsaturated/α-hetero) is 1. The Kier molecular flexibility index (Phi) is 3.79. The number of hydrogen-bond acceptors (Lipinski definition) is 3. The highest BCUT2D eigenvalue weighted by Gasteiger charge is 2.19. The molecule has 0 saturated heterocycles. The molecule has 2 rings (SSSR count). The third-order valence-corrected chi connectivity index (χ3v) is 3.02. The molecule has 0 radical (unpaired) electrons. The average Bonchev–Trinajstić information content (AvgIpc) is 2.66. The van der Waals surface area contributed by atoms with E-state index in [-0.39, 0.29) is 5.78 Å². The predicted octanol–water partition coefficient (Wildman–Crippen LogP) is 2.15. The van der Waals surface area contributed by atoms with Crippen LogP contribution in [0.4, 0.5) is 0 Å². The first-order chi connectivity index (χ1) is 8.16. The van der Waals surface area contributed by atoms with Gasteiger partial charge in [0.25, 0.3) is 0 Å². The zero-order valence-electron chi connectivity index (χ0n) is 10.5. The minimum Gasteiger partial charge on any atom is -0.494 e. The van der Waals surface area contributed by atoms with Gasteiger partial charge in [-0.15, -0.1) is 0 Å². The quantitative estimate of drug-likeness (QED) is 0.730. The molecular weight excluding hydrogens is 214 g/mol. The highest BCUT2D eigenvalue weighted by Crippen LogP contribution is 2.26. The van der Waals surface area contributed by atoms with Crippen molar-refractivity contribution in [2.45, 2.75) is 19.3 Å². The SMILES string of the molecule is CN(C)CCCOc1ccc2c(c1)CCC2=O. The highest BCUT2D eigenvalue weighted by atomic mass is 16.5. The molecule has 0 fully saturated rings. The van der Waals surface area contributed by atoms with E-state index < -0.39 is 0 Å². The summed E-state index contributed by atoms with van der Waals surface area (Å²) in [5, 5.41) is 0. The second-order valence-corrected chi connectivity index (χ2v) is 4.75. The maximum Gasteiger partial charge on any atom is 0.163 e. The van der Waals surface area contributed by atoms with Crippen LogP contribution in [0.25, 0.3) is 0 Å². The molecule has 0 unspecified atom stereocenters. The molecule has 0 aliphatic heterocycles. The van der Waals surface area contributed by atoms with Crippen LogP contribution in [0.5, 0.6) is 5.75 Å². The van der Waals surface area contributed by atoms with E-state index >= 15 is 0 Å². The summed E-state index contributed by atoms with van der Waals surface area (Å²) < 4.78 is 5.68. The third kappa shape index (κ3) is 3.07. The van der Waals surface area contributed by atoms with Crippen LogP contribution in [0.3, 0.4) is 0 Å². The van der Waals surface area contributed by atoms with E-state index in [4.69, 9.17) is 4.74 Å². The lowest BCUT2D eigenvalue weighted by molar-refractivity contribution is 0.0994. The highest BCUT2D eigenvalue weighted by molar-refractivity contribution is 6.00. The van der Waals surface area contributed by atoms with Gasteiger partial charge in [0.1, 0.15) is 5.75 Å². The summed E-state index contributed by atoms with van der Waals surface area (Å²) in [6, 6.07) is 5.81. The lowest BCUT2D eigenvalue weighted by Gasteiger charge is -2.11. The number of ketones is 1. The second-order valence-electron chi connectivity index (χ2n) is 4.75. The van der Waals surface area contributed by atoms with E-state index in [2.05, 4.69) is 19.0 Å². The van der Waals surface area contributed by atoms with Crippen molar-refractivity contribution in [1.29, 1.82) is 0 Å². The van der Waals surface area contributed by atoms with E-state index in [1.165, 1.54) is 0 Å². The number of fused-ring (bicyclic) bond motifs is 1. The molecule has 0 saturated carbocycles. The Labute approximate surface area is 102 Å². The summed E-state index contributed by atoms with van der Waals surface area (Å²) in [4.78, 5) is 13.6. The first-order valence-corrected chi connectivity index (χ1v) is 6.10.